The van der Waals surface area contributed by atoms with Crippen LogP contribution in [0.1, 0.15) is 43.7 Å². The zero-order chi connectivity index (χ0) is 19.7. The highest BCUT2D eigenvalue weighted by Crippen LogP contribution is 2.37. The van der Waals surface area contributed by atoms with Crippen LogP contribution in [0, 0.1) is 10.1 Å². The molecule has 1 aliphatic heterocycles. The van der Waals surface area contributed by atoms with Gasteiger partial charge in [0.2, 0.25) is 5.95 Å². The number of nitrogens with two attached hydrogens (primary N) is 1. The van der Waals surface area contributed by atoms with Gasteiger partial charge in [-0.25, -0.2) is 15.0 Å². The van der Waals surface area contributed by atoms with Gasteiger partial charge >= 0.3 is 5.69 Å². The second-order valence-corrected chi connectivity index (χ2v) is 7.69. The molecule has 28 heavy (non-hydrogen) atoms. The summed E-state index contributed by atoms with van der Waals surface area (Å²) in [5.74, 6) is 0.873. The van der Waals surface area contributed by atoms with Crippen LogP contribution in [0.5, 0.6) is 0 Å². The third-order valence-electron chi connectivity index (χ3n) is 5.37. The lowest BCUT2D eigenvalue weighted by Gasteiger charge is -2.19. The number of nitrogens with zero attached hydrogens (tertiary/aromatic N) is 5. The Morgan fingerprint density at radius 3 is 2.68 bits per heavy atom. The Bertz CT molecular complexity index is 888. The van der Waals surface area contributed by atoms with E-state index in [1.807, 2.05) is 6.07 Å². The van der Waals surface area contributed by atoms with Crippen LogP contribution in [0.15, 0.2) is 18.3 Å². The minimum atomic E-state index is -0.415. The van der Waals surface area contributed by atoms with Gasteiger partial charge in [-0.15, -0.1) is 0 Å². The Morgan fingerprint density at radius 1 is 1.25 bits per heavy atom. The molecule has 1 saturated heterocycles. The zero-order valence-corrected chi connectivity index (χ0v) is 16.1. The van der Waals surface area contributed by atoms with Crippen LogP contribution in [-0.2, 0) is 0 Å². The van der Waals surface area contributed by atoms with Gasteiger partial charge < -0.3 is 16.0 Å². The van der Waals surface area contributed by atoms with Crippen LogP contribution in [0.25, 0.3) is 0 Å². The number of halogens is 1. The lowest BCUT2D eigenvalue weighted by Crippen LogP contribution is -2.26. The molecule has 3 N–H and O–H groups in total. The predicted molar refractivity (Wildman–Crippen MR) is 107 cm³/mol. The molecule has 0 bridgehead atoms. The van der Waals surface area contributed by atoms with Crippen molar-refractivity contribution in [2.45, 2.75) is 44.1 Å². The van der Waals surface area contributed by atoms with Crippen molar-refractivity contribution in [3.8, 4) is 0 Å². The van der Waals surface area contributed by atoms with Crippen molar-refractivity contribution < 1.29 is 4.92 Å². The second-order valence-electron chi connectivity index (χ2n) is 7.33. The van der Waals surface area contributed by atoms with Crippen molar-refractivity contribution in [3.05, 3.63) is 39.3 Å². The van der Waals surface area contributed by atoms with E-state index in [2.05, 4.69) is 25.2 Å². The summed E-state index contributed by atoms with van der Waals surface area (Å²) in [5, 5.41) is 14.7. The van der Waals surface area contributed by atoms with E-state index in [0.717, 1.165) is 50.9 Å². The minimum absolute atomic E-state index is 0.0239. The number of nitrogens with one attached hydrogen (secondary N) is 1. The van der Waals surface area contributed by atoms with E-state index in [1.54, 1.807) is 6.07 Å². The van der Waals surface area contributed by atoms with Gasteiger partial charge in [0.25, 0.3) is 0 Å². The topological polar surface area (TPSA) is 123 Å². The molecule has 0 spiro atoms. The van der Waals surface area contributed by atoms with Crippen molar-refractivity contribution in [1.82, 2.24) is 15.0 Å². The molecular formula is C18H22ClN7O2. The van der Waals surface area contributed by atoms with Gasteiger partial charge in [0.1, 0.15) is 17.7 Å². The van der Waals surface area contributed by atoms with Gasteiger partial charge in [0.15, 0.2) is 5.15 Å². The maximum atomic E-state index is 11.3. The fourth-order valence-corrected chi connectivity index (χ4v) is 4.22. The smallest absolute Gasteiger partial charge is 0.309 e. The van der Waals surface area contributed by atoms with Crippen LogP contribution >= 0.6 is 11.6 Å². The molecule has 2 aromatic heterocycles. The average Bonchev–Trinajstić information content (AvgIpc) is 3.33. The SMILES string of the molecule is NC1CCN(c2ccc(Nc3ncc([N+](=O)[O-])c(C4CCCC4)n3)nc2Cl)C1. The molecule has 2 fully saturated rings. The molecule has 2 aromatic rings. The van der Waals surface area contributed by atoms with Crippen LogP contribution in [0.4, 0.5) is 23.1 Å². The number of aromatic nitrogens is 3. The molecule has 0 amide bonds. The molecule has 3 heterocycles. The standard InChI is InChI=1S/C18H22ClN7O2/c19-17-13(25-8-7-12(20)10-25)5-6-15(22-17)23-18-21-9-14(26(27)28)16(24-18)11-3-1-2-4-11/h5-6,9,11-12H,1-4,7-8,10,20H2,(H,21,22,23,24). The number of rotatable bonds is 5. The lowest BCUT2D eigenvalue weighted by atomic mass is 10.0. The second kappa shape index (κ2) is 7.84. The van der Waals surface area contributed by atoms with Crippen LogP contribution in [0.2, 0.25) is 5.15 Å². The summed E-state index contributed by atoms with van der Waals surface area (Å²) in [6.45, 7) is 1.61. The number of anilines is 3. The quantitative estimate of drug-likeness (QED) is 0.442. The number of nitro groups is 1. The van der Waals surface area contributed by atoms with Gasteiger partial charge in [0, 0.05) is 25.0 Å². The normalized spacial score (nSPS) is 19.9. The van der Waals surface area contributed by atoms with Gasteiger partial charge in [-0.05, 0) is 31.4 Å². The fourth-order valence-electron chi connectivity index (χ4n) is 3.94. The number of pyridine rings is 1. The molecule has 1 unspecified atom stereocenters. The van der Waals surface area contributed by atoms with E-state index < -0.39 is 4.92 Å². The minimum Gasteiger partial charge on any atom is -0.367 e. The van der Waals surface area contributed by atoms with E-state index in [4.69, 9.17) is 17.3 Å². The summed E-state index contributed by atoms with van der Waals surface area (Å²) in [5.41, 5.74) is 7.28. The zero-order valence-electron chi connectivity index (χ0n) is 15.3. The first-order valence-corrected chi connectivity index (χ1v) is 9.84. The van der Waals surface area contributed by atoms with Crippen molar-refractivity contribution in [2.24, 2.45) is 5.73 Å². The van der Waals surface area contributed by atoms with Gasteiger partial charge in [-0.2, -0.15) is 0 Å². The molecule has 0 radical (unpaired) electrons. The Labute approximate surface area is 167 Å². The summed E-state index contributed by atoms with van der Waals surface area (Å²) in [6.07, 6.45) is 6.14. The molecule has 2 aliphatic rings. The van der Waals surface area contributed by atoms with Crippen LogP contribution < -0.4 is 16.0 Å². The van der Waals surface area contributed by atoms with Crippen molar-refractivity contribution in [1.29, 1.82) is 0 Å². The lowest BCUT2D eigenvalue weighted by molar-refractivity contribution is -0.386. The molecule has 4 rings (SSSR count). The maximum absolute atomic E-state index is 11.3. The highest BCUT2D eigenvalue weighted by molar-refractivity contribution is 6.32. The Hall–Kier alpha value is -2.52. The van der Waals surface area contributed by atoms with Crippen LogP contribution in [0.3, 0.4) is 0 Å². The first-order valence-electron chi connectivity index (χ1n) is 9.46. The monoisotopic (exact) mass is 403 g/mol. The van der Waals surface area contributed by atoms with Gasteiger partial charge in [-0.1, -0.05) is 24.4 Å². The number of hydrogen-bond donors (Lipinski definition) is 2. The van der Waals surface area contributed by atoms with E-state index in [0.29, 0.717) is 16.7 Å². The predicted octanol–water partition coefficient (Wildman–Crippen LogP) is 3.37. The molecule has 10 heteroatoms. The number of hydrogen-bond acceptors (Lipinski definition) is 8. The van der Waals surface area contributed by atoms with Crippen LogP contribution in [-0.4, -0.2) is 39.0 Å². The highest BCUT2D eigenvalue weighted by Gasteiger charge is 2.28. The summed E-state index contributed by atoms with van der Waals surface area (Å²) < 4.78 is 0. The van der Waals surface area contributed by atoms with E-state index in [-0.39, 0.29) is 23.6 Å². The Morgan fingerprint density at radius 2 is 2.04 bits per heavy atom. The first-order chi connectivity index (χ1) is 13.5. The van der Waals surface area contributed by atoms with E-state index in [9.17, 15) is 10.1 Å². The Balaban J connectivity index is 1.56. The van der Waals surface area contributed by atoms with Crippen molar-refractivity contribution >= 4 is 34.7 Å². The highest BCUT2D eigenvalue weighted by atomic mass is 35.5. The summed E-state index contributed by atoms with van der Waals surface area (Å²) in [7, 11) is 0. The molecule has 148 valence electrons. The van der Waals surface area contributed by atoms with Crippen molar-refractivity contribution in [3.63, 3.8) is 0 Å². The third kappa shape index (κ3) is 3.85. The largest absolute Gasteiger partial charge is 0.367 e. The summed E-state index contributed by atoms with van der Waals surface area (Å²) in [6, 6.07) is 3.83. The molecule has 1 saturated carbocycles. The molecular weight excluding hydrogens is 382 g/mol. The molecule has 1 aliphatic carbocycles. The van der Waals surface area contributed by atoms with Crippen molar-refractivity contribution in [2.75, 3.05) is 23.3 Å². The summed E-state index contributed by atoms with van der Waals surface area (Å²) >= 11 is 6.36. The van der Waals surface area contributed by atoms with Gasteiger partial charge in [-0.3, -0.25) is 10.1 Å². The molecule has 1 atom stereocenters. The van der Waals surface area contributed by atoms with E-state index in [1.165, 1.54) is 6.20 Å². The molecule has 9 nitrogen and oxygen atoms in total. The maximum Gasteiger partial charge on any atom is 0.309 e. The molecule has 0 aromatic carbocycles. The fraction of sp³-hybridized carbons (Fsp3) is 0.500. The van der Waals surface area contributed by atoms with E-state index >= 15 is 0 Å². The first kappa shape index (κ1) is 18.8. The summed E-state index contributed by atoms with van der Waals surface area (Å²) in [4.78, 5) is 26.0. The Kier molecular flexibility index (Phi) is 5.27. The third-order valence-corrected chi connectivity index (χ3v) is 5.65. The average molecular weight is 404 g/mol. The van der Waals surface area contributed by atoms with Gasteiger partial charge in [0.05, 0.1) is 10.6 Å².